The molecule has 11 heteroatoms. The fourth-order valence-corrected chi connectivity index (χ4v) is 3.82. The van der Waals surface area contributed by atoms with Gasteiger partial charge in [-0.2, -0.15) is 4.98 Å². The van der Waals surface area contributed by atoms with E-state index in [2.05, 4.69) is 15.0 Å². The molecule has 0 atom stereocenters. The highest BCUT2D eigenvalue weighted by Gasteiger charge is 2.24. The van der Waals surface area contributed by atoms with Crippen LogP contribution >= 0.6 is 23.2 Å². The number of carbonyl (C=O) groups is 1. The molecule has 0 radical (unpaired) electrons. The van der Waals surface area contributed by atoms with Crippen molar-refractivity contribution in [2.24, 2.45) is 0 Å². The molecule has 3 aromatic rings. The molecular weight excluding hydrogens is 445 g/mol. The Hall–Kier alpha value is -3.01. The molecule has 0 saturated carbocycles. The molecule has 0 spiro atoms. The molecule has 2 aromatic carbocycles. The second-order valence-corrected chi connectivity index (χ2v) is 7.86. The summed E-state index contributed by atoms with van der Waals surface area (Å²) in [5.41, 5.74) is 0.820. The van der Waals surface area contributed by atoms with Crippen molar-refractivity contribution in [2.45, 2.75) is 6.54 Å². The van der Waals surface area contributed by atoms with Crippen LogP contribution in [0.25, 0.3) is 11.5 Å². The van der Waals surface area contributed by atoms with Crippen molar-refractivity contribution in [2.75, 3.05) is 26.2 Å². The van der Waals surface area contributed by atoms with E-state index >= 15 is 0 Å². The Morgan fingerprint density at radius 2 is 1.90 bits per heavy atom. The van der Waals surface area contributed by atoms with Crippen LogP contribution in [0, 0.1) is 10.1 Å². The summed E-state index contributed by atoms with van der Waals surface area (Å²) in [6.07, 6.45) is 0. The Balaban J connectivity index is 1.35. The third-order valence-electron chi connectivity index (χ3n) is 4.96. The highest BCUT2D eigenvalue weighted by atomic mass is 35.5. The summed E-state index contributed by atoms with van der Waals surface area (Å²) >= 11 is 12.1. The molecule has 1 amide bonds. The molecule has 1 aromatic heterocycles. The largest absolute Gasteiger partial charge is 0.336 e. The quantitative estimate of drug-likeness (QED) is 0.418. The Kier molecular flexibility index (Phi) is 6.17. The molecule has 160 valence electrons. The van der Waals surface area contributed by atoms with E-state index in [1.165, 1.54) is 18.2 Å². The number of nitrogens with zero attached hydrogens (tertiary/aromatic N) is 5. The Bertz CT molecular complexity index is 1130. The van der Waals surface area contributed by atoms with E-state index in [0.29, 0.717) is 65.6 Å². The second kappa shape index (κ2) is 9.01. The molecular formula is C20H17Cl2N5O4. The number of rotatable bonds is 5. The van der Waals surface area contributed by atoms with Crippen LogP contribution in [0.4, 0.5) is 5.69 Å². The summed E-state index contributed by atoms with van der Waals surface area (Å²) in [6, 6.07) is 10.8. The molecule has 1 saturated heterocycles. The number of nitro benzene ring substituents is 1. The number of aromatic nitrogens is 2. The van der Waals surface area contributed by atoms with Crippen molar-refractivity contribution >= 4 is 34.8 Å². The molecule has 9 nitrogen and oxygen atoms in total. The van der Waals surface area contributed by atoms with Gasteiger partial charge in [-0.15, -0.1) is 0 Å². The van der Waals surface area contributed by atoms with E-state index in [1.807, 2.05) is 0 Å². The third kappa shape index (κ3) is 4.84. The van der Waals surface area contributed by atoms with Crippen molar-refractivity contribution in [1.29, 1.82) is 0 Å². The molecule has 1 fully saturated rings. The van der Waals surface area contributed by atoms with E-state index < -0.39 is 4.92 Å². The number of carbonyl (C=O) groups excluding carboxylic acids is 1. The van der Waals surface area contributed by atoms with Gasteiger partial charge in [-0.3, -0.25) is 19.8 Å². The topological polar surface area (TPSA) is 106 Å². The maximum Gasteiger partial charge on any atom is 0.270 e. The van der Waals surface area contributed by atoms with Crippen LogP contribution in [0.5, 0.6) is 0 Å². The summed E-state index contributed by atoms with van der Waals surface area (Å²) < 4.78 is 5.33. The molecule has 2 heterocycles. The van der Waals surface area contributed by atoms with Gasteiger partial charge in [0.15, 0.2) is 5.82 Å². The van der Waals surface area contributed by atoms with Crippen molar-refractivity contribution in [3.63, 3.8) is 0 Å². The molecule has 0 N–H and O–H groups in total. The van der Waals surface area contributed by atoms with Crippen LogP contribution in [0.15, 0.2) is 47.0 Å². The smallest absolute Gasteiger partial charge is 0.270 e. The van der Waals surface area contributed by atoms with E-state index in [0.717, 1.165) is 0 Å². The van der Waals surface area contributed by atoms with Crippen molar-refractivity contribution < 1.29 is 14.2 Å². The van der Waals surface area contributed by atoms with Crippen LogP contribution in [0.3, 0.4) is 0 Å². The molecule has 31 heavy (non-hydrogen) atoms. The number of hydrogen-bond donors (Lipinski definition) is 0. The molecule has 0 aliphatic carbocycles. The first kappa shape index (κ1) is 21.2. The Labute approximate surface area is 187 Å². The summed E-state index contributed by atoms with van der Waals surface area (Å²) in [4.78, 5) is 31.3. The summed E-state index contributed by atoms with van der Waals surface area (Å²) in [5.74, 6) is 0.609. The third-order valence-corrected chi connectivity index (χ3v) is 5.51. The van der Waals surface area contributed by atoms with Gasteiger partial charge >= 0.3 is 0 Å². The zero-order valence-corrected chi connectivity index (χ0v) is 17.7. The number of piperazine rings is 1. The van der Waals surface area contributed by atoms with Gasteiger partial charge in [0, 0.05) is 48.9 Å². The lowest BCUT2D eigenvalue weighted by molar-refractivity contribution is -0.384. The number of benzene rings is 2. The Morgan fingerprint density at radius 3 is 2.61 bits per heavy atom. The van der Waals surface area contributed by atoms with Gasteiger partial charge in [0.05, 0.1) is 22.1 Å². The standard InChI is InChI=1S/C20H17Cl2N5O4/c21-14-4-5-16(17(22)11-14)19-23-18(24-31-19)12-25-6-8-26(9-7-25)20(28)13-2-1-3-15(10-13)27(29)30/h1-5,10-11H,6-9,12H2. The number of halogens is 2. The minimum atomic E-state index is -0.509. The molecule has 1 aliphatic heterocycles. The number of amides is 1. The summed E-state index contributed by atoms with van der Waals surface area (Å²) in [5, 5.41) is 15.9. The SMILES string of the molecule is O=C(c1cccc([N+](=O)[O-])c1)N1CCN(Cc2noc(-c3ccc(Cl)cc3Cl)n2)CC1. The van der Waals surface area contributed by atoms with Gasteiger partial charge in [0.2, 0.25) is 0 Å². The maximum atomic E-state index is 12.7. The van der Waals surface area contributed by atoms with E-state index in [1.54, 1.807) is 29.2 Å². The zero-order chi connectivity index (χ0) is 22.0. The van der Waals surface area contributed by atoms with Crippen LogP contribution in [0.1, 0.15) is 16.2 Å². The van der Waals surface area contributed by atoms with Gasteiger partial charge in [0.1, 0.15) is 0 Å². The van der Waals surface area contributed by atoms with E-state index in [9.17, 15) is 14.9 Å². The van der Waals surface area contributed by atoms with Gasteiger partial charge in [-0.25, -0.2) is 0 Å². The highest BCUT2D eigenvalue weighted by molar-refractivity contribution is 6.36. The van der Waals surface area contributed by atoms with Gasteiger partial charge < -0.3 is 9.42 Å². The van der Waals surface area contributed by atoms with Gasteiger partial charge in [0.25, 0.3) is 17.5 Å². The second-order valence-electron chi connectivity index (χ2n) is 7.02. The normalized spacial score (nSPS) is 14.6. The van der Waals surface area contributed by atoms with Gasteiger partial charge in [-0.1, -0.05) is 34.4 Å². The Morgan fingerprint density at radius 1 is 1.13 bits per heavy atom. The maximum absolute atomic E-state index is 12.7. The van der Waals surface area contributed by atoms with Crippen molar-refractivity contribution in [1.82, 2.24) is 19.9 Å². The summed E-state index contributed by atoms with van der Waals surface area (Å²) in [6.45, 7) is 2.69. The van der Waals surface area contributed by atoms with Crippen LogP contribution in [-0.2, 0) is 6.54 Å². The van der Waals surface area contributed by atoms with Crippen molar-refractivity contribution in [3.8, 4) is 11.5 Å². The molecule has 4 rings (SSSR count). The number of non-ortho nitro benzene ring substituents is 1. The van der Waals surface area contributed by atoms with Crippen LogP contribution < -0.4 is 0 Å². The highest BCUT2D eigenvalue weighted by Crippen LogP contribution is 2.29. The molecule has 0 bridgehead atoms. The fraction of sp³-hybridized carbons (Fsp3) is 0.250. The van der Waals surface area contributed by atoms with Crippen molar-refractivity contribution in [3.05, 3.63) is 74.0 Å². The fourth-order valence-electron chi connectivity index (χ4n) is 3.33. The first-order valence-corrected chi connectivity index (χ1v) is 10.2. The van der Waals surface area contributed by atoms with E-state index in [-0.39, 0.29) is 11.6 Å². The lowest BCUT2D eigenvalue weighted by Crippen LogP contribution is -2.48. The predicted octanol–water partition coefficient (Wildman–Crippen LogP) is 3.91. The molecule has 0 unspecified atom stereocenters. The number of nitro groups is 1. The lowest BCUT2D eigenvalue weighted by atomic mass is 10.1. The monoisotopic (exact) mass is 461 g/mol. The zero-order valence-electron chi connectivity index (χ0n) is 16.2. The van der Waals surface area contributed by atoms with Crippen LogP contribution in [-0.4, -0.2) is 56.9 Å². The average Bonchev–Trinajstić information content (AvgIpc) is 3.22. The first-order chi connectivity index (χ1) is 14.9. The lowest BCUT2D eigenvalue weighted by Gasteiger charge is -2.34. The van der Waals surface area contributed by atoms with Crippen LogP contribution in [0.2, 0.25) is 10.0 Å². The van der Waals surface area contributed by atoms with Gasteiger partial charge in [-0.05, 0) is 24.3 Å². The first-order valence-electron chi connectivity index (χ1n) is 9.45. The minimum Gasteiger partial charge on any atom is -0.336 e. The molecule has 1 aliphatic rings. The predicted molar refractivity (Wildman–Crippen MR) is 114 cm³/mol. The minimum absolute atomic E-state index is 0.0989. The summed E-state index contributed by atoms with van der Waals surface area (Å²) in [7, 11) is 0. The number of hydrogen-bond acceptors (Lipinski definition) is 7. The van der Waals surface area contributed by atoms with E-state index in [4.69, 9.17) is 27.7 Å². The average molecular weight is 462 g/mol.